The molecule has 0 saturated carbocycles. The molecular weight excluding hydrogens is 198 g/mol. The van der Waals surface area contributed by atoms with Crippen molar-refractivity contribution in [2.24, 2.45) is 5.92 Å². The Kier molecular flexibility index (Phi) is 2.70. The molecule has 1 aromatic carbocycles. The fourth-order valence-corrected chi connectivity index (χ4v) is 1.95. The molecule has 2 heteroatoms. The van der Waals surface area contributed by atoms with Gasteiger partial charge in [0.15, 0.2) is 0 Å². The summed E-state index contributed by atoms with van der Waals surface area (Å²) in [5.74, 6) is -1.05. The van der Waals surface area contributed by atoms with Gasteiger partial charge in [-0.05, 0) is 50.0 Å². The van der Waals surface area contributed by atoms with Crippen molar-refractivity contribution >= 4 is 0 Å². The Labute approximate surface area is 106 Å². The molecule has 0 aliphatic rings. The number of nitrogens with zero attached hydrogens (tertiary/aromatic N) is 1. The van der Waals surface area contributed by atoms with Crippen LogP contribution in [0.2, 0.25) is 0 Å². The minimum Gasteiger partial charge on any atom is -0.508 e. The van der Waals surface area contributed by atoms with E-state index in [9.17, 15) is 5.11 Å². The lowest BCUT2D eigenvalue weighted by molar-refractivity contribution is 0.301. The molecule has 0 heterocycles. The van der Waals surface area contributed by atoms with Gasteiger partial charge in [-0.25, -0.2) is 0 Å². The monoisotopic (exact) mass is 226 g/mol. The second-order valence-electron chi connectivity index (χ2n) is 4.46. The molecule has 0 saturated heterocycles. The van der Waals surface area contributed by atoms with Crippen LogP contribution in [0.5, 0.6) is 5.75 Å². The maximum atomic E-state index is 9.62. The smallest absolute Gasteiger partial charge is 0.115 e. The minimum absolute atomic E-state index is 0.0101. The molecule has 2 nitrogen and oxygen atoms in total. The van der Waals surface area contributed by atoms with Gasteiger partial charge in [0.1, 0.15) is 5.75 Å². The van der Waals surface area contributed by atoms with Crippen LogP contribution >= 0.6 is 0 Å². The fourth-order valence-electron chi connectivity index (χ4n) is 1.95. The Morgan fingerprint density at radius 3 is 2.81 bits per heavy atom. The van der Waals surface area contributed by atoms with Crippen molar-refractivity contribution in [2.45, 2.75) is 26.1 Å². The normalized spacial score (nSPS) is 21.4. The van der Waals surface area contributed by atoms with Crippen molar-refractivity contribution in [3.8, 4) is 5.75 Å². The van der Waals surface area contributed by atoms with E-state index in [0.717, 1.165) is 0 Å². The zero-order chi connectivity index (χ0) is 16.4. The van der Waals surface area contributed by atoms with Crippen LogP contribution in [0.15, 0.2) is 24.3 Å². The topological polar surface area (TPSA) is 23.5 Å². The third-order valence-electron chi connectivity index (χ3n) is 2.61. The van der Waals surface area contributed by atoms with Gasteiger partial charge in [-0.1, -0.05) is 25.9 Å². The van der Waals surface area contributed by atoms with E-state index in [4.69, 9.17) is 6.85 Å². The van der Waals surface area contributed by atoms with Gasteiger partial charge in [-0.3, -0.25) is 0 Å². The van der Waals surface area contributed by atoms with E-state index in [0.29, 0.717) is 12.1 Å². The van der Waals surface area contributed by atoms with Crippen molar-refractivity contribution in [1.29, 1.82) is 0 Å². The summed E-state index contributed by atoms with van der Waals surface area (Å²) >= 11 is 0. The second-order valence-corrected chi connectivity index (χ2v) is 4.46. The summed E-state index contributed by atoms with van der Waals surface area (Å²) in [6, 6.07) is 6.21. The molecule has 0 aliphatic carbocycles. The SMILES string of the molecule is [2H]C([2H])([2H])C([2H])([2H])[C@@H](c1cccc(O)c1)[C@@H](C)CN(C)C. The number of rotatable bonds is 5. The largest absolute Gasteiger partial charge is 0.508 e. The van der Waals surface area contributed by atoms with E-state index in [1.165, 1.54) is 12.1 Å². The molecule has 0 bridgehead atoms. The van der Waals surface area contributed by atoms with Gasteiger partial charge in [0.2, 0.25) is 0 Å². The first-order valence-corrected chi connectivity index (χ1v) is 5.40. The summed E-state index contributed by atoms with van der Waals surface area (Å²) in [6.07, 6.45) is -2.38. The highest BCUT2D eigenvalue weighted by atomic mass is 16.3. The quantitative estimate of drug-likeness (QED) is 0.834. The Bertz CT molecular complexity index is 473. The fraction of sp³-hybridized carbons (Fsp3) is 0.571. The third kappa shape index (κ3) is 3.53. The van der Waals surface area contributed by atoms with Crippen molar-refractivity contribution in [3.63, 3.8) is 0 Å². The van der Waals surface area contributed by atoms with Crippen LogP contribution in [-0.4, -0.2) is 30.6 Å². The molecule has 0 amide bonds. The Morgan fingerprint density at radius 1 is 1.50 bits per heavy atom. The van der Waals surface area contributed by atoms with Crippen LogP contribution in [0.25, 0.3) is 0 Å². The summed E-state index contributed by atoms with van der Waals surface area (Å²) in [5.41, 5.74) is 0.505. The van der Waals surface area contributed by atoms with E-state index in [-0.39, 0.29) is 11.7 Å². The van der Waals surface area contributed by atoms with Crippen molar-refractivity contribution in [3.05, 3.63) is 29.8 Å². The first-order valence-electron chi connectivity index (χ1n) is 7.90. The first-order chi connectivity index (χ1) is 9.46. The van der Waals surface area contributed by atoms with E-state index in [2.05, 4.69) is 0 Å². The van der Waals surface area contributed by atoms with Crippen molar-refractivity contribution < 1.29 is 12.0 Å². The van der Waals surface area contributed by atoms with Gasteiger partial charge in [-0.2, -0.15) is 0 Å². The van der Waals surface area contributed by atoms with Gasteiger partial charge in [0.05, 0.1) is 0 Å². The number of benzene rings is 1. The molecular formula is C14H23NO. The number of hydrogen-bond donors (Lipinski definition) is 1. The predicted octanol–water partition coefficient (Wildman–Crippen LogP) is 3.08. The van der Waals surface area contributed by atoms with E-state index in [1.807, 2.05) is 25.9 Å². The van der Waals surface area contributed by atoms with E-state index < -0.39 is 19.1 Å². The number of aromatic hydroxyl groups is 1. The predicted molar refractivity (Wildman–Crippen MR) is 68.9 cm³/mol. The van der Waals surface area contributed by atoms with Crippen LogP contribution in [0.3, 0.4) is 0 Å². The van der Waals surface area contributed by atoms with Crippen molar-refractivity contribution in [2.75, 3.05) is 20.6 Å². The molecule has 0 unspecified atom stereocenters. The highest BCUT2D eigenvalue weighted by Crippen LogP contribution is 2.30. The molecule has 1 rings (SSSR count). The minimum atomic E-state index is -2.73. The maximum Gasteiger partial charge on any atom is 0.115 e. The standard InChI is InChI=1S/C14H23NO/c1-5-14(11(2)10-15(3)4)12-7-6-8-13(16)9-12/h6-9,11,14,16H,5,10H2,1-4H3/t11-,14+/m0/s1/i1D3,5D2. The molecule has 0 radical (unpaired) electrons. The second kappa shape index (κ2) is 5.90. The van der Waals surface area contributed by atoms with Crippen LogP contribution < -0.4 is 0 Å². The highest BCUT2D eigenvalue weighted by molar-refractivity contribution is 5.30. The van der Waals surface area contributed by atoms with Crippen LogP contribution in [0, 0.1) is 5.92 Å². The zero-order valence-corrected chi connectivity index (χ0v) is 10.1. The number of phenolic OH excluding ortho intramolecular Hbond substituents is 1. The molecule has 90 valence electrons. The van der Waals surface area contributed by atoms with Crippen LogP contribution in [0.4, 0.5) is 0 Å². The average Bonchev–Trinajstić information content (AvgIpc) is 2.25. The Balaban J connectivity index is 3.30. The van der Waals surface area contributed by atoms with E-state index in [1.54, 1.807) is 12.1 Å². The lowest BCUT2D eigenvalue weighted by Crippen LogP contribution is -2.24. The van der Waals surface area contributed by atoms with Gasteiger partial charge in [0, 0.05) is 13.4 Å². The summed E-state index contributed by atoms with van der Waals surface area (Å²) in [5, 5.41) is 9.62. The average molecular weight is 226 g/mol. The molecule has 0 fully saturated rings. The highest BCUT2D eigenvalue weighted by Gasteiger charge is 2.18. The zero-order valence-electron chi connectivity index (χ0n) is 15.1. The maximum absolute atomic E-state index is 9.62. The number of phenols is 1. The summed E-state index contributed by atoms with van der Waals surface area (Å²) < 4.78 is 38.8. The van der Waals surface area contributed by atoms with E-state index >= 15 is 0 Å². The summed E-state index contributed by atoms with van der Waals surface area (Å²) in [4.78, 5) is 1.90. The van der Waals surface area contributed by atoms with Gasteiger partial charge >= 0.3 is 0 Å². The van der Waals surface area contributed by atoms with Gasteiger partial charge < -0.3 is 10.0 Å². The Hall–Kier alpha value is -1.02. The lowest BCUT2D eigenvalue weighted by Gasteiger charge is -2.26. The van der Waals surface area contributed by atoms with Crippen LogP contribution in [0.1, 0.15) is 38.5 Å². The lowest BCUT2D eigenvalue weighted by atomic mass is 9.85. The summed E-state index contributed by atoms with van der Waals surface area (Å²) in [6.45, 7) is -0.349. The van der Waals surface area contributed by atoms with Crippen LogP contribution in [-0.2, 0) is 0 Å². The van der Waals surface area contributed by atoms with Crippen molar-refractivity contribution in [1.82, 2.24) is 4.90 Å². The molecule has 0 aliphatic heterocycles. The number of hydrogen-bond acceptors (Lipinski definition) is 2. The Morgan fingerprint density at radius 2 is 2.25 bits per heavy atom. The molecule has 1 aromatic rings. The molecule has 16 heavy (non-hydrogen) atoms. The summed E-state index contributed by atoms with van der Waals surface area (Å²) in [7, 11) is 3.72. The molecule has 2 atom stereocenters. The van der Waals surface area contributed by atoms with Gasteiger partial charge in [-0.15, -0.1) is 0 Å². The van der Waals surface area contributed by atoms with Gasteiger partial charge in [0.25, 0.3) is 0 Å². The third-order valence-corrected chi connectivity index (χ3v) is 2.61. The molecule has 0 aromatic heterocycles. The molecule has 1 N–H and O–H groups in total. The first kappa shape index (κ1) is 7.33. The molecule has 0 spiro atoms.